The molecule has 1 saturated heterocycles. The summed E-state index contributed by atoms with van der Waals surface area (Å²) in [7, 11) is 2.07. The first kappa shape index (κ1) is 10.7. The van der Waals surface area contributed by atoms with E-state index in [9.17, 15) is 4.79 Å². The molecule has 2 N–H and O–H groups in total. The molecule has 1 fully saturated rings. The lowest BCUT2D eigenvalue weighted by molar-refractivity contribution is -0.118. The SMILES string of the molecule is CN1CCC(CC(N)=O)C1.Cl. The minimum atomic E-state index is -0.166. The van der Waals surface area contributed by atoms with Crippen LogP contribution in [-0.4, -0.2) is 30.9 Å². The lowest BCUT2D eigenvalue weighted by Gasteiger charge is -2.06. The van der Waals surface area contributed by atoms with Crippen LogP contribution < -0.4 is 5.73 Å². The molecule has 0 saturated carbocycles. The van der Waals surface area contributed by atoms with E-state index in [1.54, 1.807) is 0 Å². The number of hydrogen-bond donors (Lipinski definition) is 1. The molecule has 1 rings (SSSR count). The van der Waals surface area contributed by atoms with Crippen molar-refractivity contribution in [3.05, 3.63) is 0 Å². The minimum absolute atomic E-state index is 0. The molecule has 0 aromatic carbocycles. The van der Waals surface area contributed by atoms with E-state index in [1.807, 2.05) is 0 Å². The maximum absolute atomic E-state index is 10.5. The third-order valence-corrected chi connectivity index (χ3v) is 1.98. The summed E-state index contributed by atoms with van der Waals surface area (Å²) in [6.45, 7) is 2.14. The topological polar surface area (TPSA) is 46.3 Å². The van der Waals surface area contributed by atoms with Gasteiger partial charge in [-0.3, -0.25) is 4.79 Å². The van der Waals surface area contributed by atoms with Gasteiger partial charge in [-0.05, 0) is 25.9 Å². The predicted octanol–water partition coefficient (Wildman–Crippen LogP) is 0.235. The zero-order chi connectivity index (χ0) is 7.56. The van der Waals surface area contributed by atoms with E-state index in [1.165, 1.54) is 0 Å². The molecule has 0 aliphatic carbocycles. The molecule has 66 valence electrons. The maximum atomic E-state index is 10.5. The number of nitrogens with zero attached hydrogens (tertiary/aromatic N) is 1. The van der Waals surface area contributed by atoms with E-state index in [0.29, 0.717) is 12.3 Å². The number of carbonyl (C=O) groups is 1. The fourth-order valence-electron chi connectivity index (χ4n) is 1.48. The van der Waals surface area contributed by atoms with Crippen molar-refractivity contribution in [1.29, 1.82) is 0 Å². The summed E-state index contributed by atoms with van der Waals surface area (Å²) >= 11 is 0. The molecule has 0 radical (unpaired) electrons. The molecule has 1 amide bonds. The molecular formula is C7H15ClN2O. The number of hydrogen-bond acceptors (Lipinski definition) is 2. The number of amides is 1. The van der Waals surface area contributed by atoms with Gasteiger partial charge in [-0.15, -0.1) is 12.4 Å². The van der Waals surface area contributed by atoms with Crippen LogP contribution in [0.4, 0.5) is 0 Å². The maximum Gasteiger partial charge on any atom is 0.217 e. The van der Waals surface area contributed by atoms with Crippen molar-refractivity contribution in [1.82, 2.24) is 4.90 Å². The zero-order valence-corrected chi connectivity index (χ0v) is 7.56. The standard InChI is InChI=1S/C7H14N2O.ClH/c1-9-3-2-6(5-9)4-7(8)10;/h6H,2-5H2,1H3,(H2,8,10);1H. The second kappa shape index (κ2) is 4.57. The second-order valence-corrected chi connectivity index (χ2v) is 3.09. The van der Waals surface area contributed by atoms with Gasteiger partial charge in [0.1, 0.15) is 0 Å². The second-order valence-electron chi connectivity index (χ2n) is 3.09. The Kier molecular flexibility index (Phi) is 4.45. The Balaban J connectivity index is 0.000001000. The van der Waals surface area contributed by atoms with Crippen molar-refractivity contribution in [2.24, 2.45) is 11.7 Å². The van der Waals surface area contributed by atoms with Gasteiger partial charge in [0.2, 0.25) is 5.91 Å². The summed E-state index contributed by atoms with van der Waals surface area (Å²) in [5.74, 6) is 0.350. The predicted molar refractivity (Wildman–Crippen MR) is 46.7 cm³/mol. The van der Waals surface area contributed by atoms with E-state index < -0.39 is 0 Å². The Bertz CT molecular complexity index is 140. The first-order valence-corrected chi connectivity index (χ1v) is 3.65. The van der Waals surface area contributed by atoms with Crippen molar-refractivity contribution >= 4 is 18.3 Å². The number of likely N-dealkylation sites (tertiary alicyclic amines) is 1. The van der Waals surface area contributed by atoms with Gasteiger partial charge in [-0.25, -0.2) is 0 Å². The molecular weight excluding hydrogens is 164 g/mol. The summed E-state index contributed by atoms with van der Waals surface area (Å²) in [6.07, 6.45) is 1.68. The van der Waals surface area contributed by atoms with E-state index in [0.717, 1.165) is 19.5 Å². The van der Waals surface area contributed by atoms with Gasteiger partial charge in [0.05, 0.1) is 0 Å². The Morgan fingerprint density at radius 1 is 1.73 bits per heavy atom. The Labute approximate surface area is 73.3 Å². The largest absolute Gasteiger partial charge is 0.370 e. The lowest BCUT2D eigenvalue weighted by atomic mass is 10.1. The highest BCUT2D eigenvalue weighted by molar-refractivity contribution is 5.85. The van der Waals surface area contributed by atoms with Crippen LogP contribution in [0.3, 0.4) is 0 Å². The normalized spacial score (nSPS) is 24.6. The molecule has 0 aromatic rings. The van der Waals surface area contributed by atoms with Crippen molar-refractivity contribution < 1.29 is 4.79 Å². The third-order valence-electron chi connectivity index (χ3n) is 1.98. The van der Waals surface area contributed by atoms with E-state index in [4.69, 9.17) is 5.73 Å². The first-order valence-electron chi connectivity index (χ1n) is 3.65. The van der Waals surface area contributed by atoms with Crippen LogP contribution in [-0.2, 0) is 4.79 Å². The highest BCUT2D eigenvalue weighted by Gasteiger charge is 2.20. The first-order chi connectivity index (χ1) is 4.68. The third kappa shape index (κ3) is 3.58. The van der Waals surface area contributed by atoms with Crippen molar-refractivity contribution in [3.63, 3.8) is 0 Å². The van der Waals surface area contributed by atoms with Gasteiger partial charge >= 0.3 is 0 Å². The van der Waals surface area contributed by atoms with Gasteiger partial charge in [0, 0.05) is 13.0 Å². The van der Waals surface area contributed by atoms with Crippen LogP contribution in [0.2, 0.25) is 0 Å². The quantitative estimate of drug-likeness (QED) is 0.659. The number of rotatable bonds is 2. The summed E-state index contributed by atoms with van der Waals surface area (Å²) < 4.78 is 0. The van der Waals surface area contributed by atoms with Crippen LogP contribution in [0.5, 0.6) is 0 Å². The van der Waals surface area contributed by atoms with E-state index in [-0.39, 0.29) is 18.3 Å². The zero-order valence-electron chi connectivity index (χ0n) is 6.75. The summed E-state index contributed by atoms with van der Waals surface area (Å²) in [5.41, 5.74) is 5.06. The molecule has 1 aliphatic rings. The molecule has 0 aromatic heterocycles. The van der Waals surface area contributed by atoms with Crippen LogP contribution in [0.1, 0.15) is 12.8 Å². The smallest absolute Gasteiger partial charge is 0.217 e. The van der Waals surface area contributed by atoms with Crippen LogP contribution >= 0.6 is 12.4 Å². The molecule has 1 aliphatic heterocycles. The number of nitrogens with two attached hydrogens (primary N) is 1. The average molecular weight is 179 g/mol. The molecule has 3 nitrogen and oxygen atoms in total. The Morgan fingerprint density at radius 3 is 2.73 bits per heavy atom. The van der Waals surface area contributed by atoms with Crippen molar-refractivity contribution in [2.75, 3.05) is 20.1 Å². The summed E-state index contributed by atoms with van der Waals surface area (Å²) in [6, 6.07) is 0. The lowest BCUT2D eigenvalue weighted by Crippen LogP contribution is -2.19. The molecule has 1 atom stereocenters. The van der Waals surface area contributed by atoms with Crippen LogP contribution in [0, 0.1) is 5.92 Å². The molecule has 1 heterocycles. The Hall–Kier alpha value is -0.280. The molecule has 11 heavy (non-hydrogen) atoms. The number of carbonyl (C=O) groups excluding carboxylic acids is 1. The van der Waals surface area contributed by atoms with Gasteiger partial charge in [0.25, 0.3) is 0 Å². The fraction of sp³-hybridized carbons (Fsp3) is 0.857. The highest BCUT2D eigenvalue weighted by Crippen LogP contribution is 2.16. The van der Waals surface area contributed by atoms with E-state index >= 15 is 0 Å². The van der Waals surface area contributed by atoms with Gasteiger partial charge in [-0.2, -0.15) is 0 Å². The van der Waals surface area contributed by atoms with Crippen molar-refractivity contribution in [2.45, 2.75) is 12.8 Å². The van der Waals surface area contributed by atoms with Gasteiger partial charge in [0.15, 0.2) is 0 Å². The minimum Gasteiger partial charge on any atom is -0.370 e. The summed E-state index contributed by atoms with van der Waals surface area (Å²) in [5, 5.41) is 0. The molecule has 0 bridgehead atoms. The molecule has 0 spiro atoms. The fourth-order valence-corrected chi connectivity index (χ4v) is 1.48. The highest BCUT2D eigenvalue weighted by atomic mass is 35.5. The Morgan fingerprint density at radius 2 is 2.36 bits per heavy atom. The molecule has 1 unspecified atom stereocenters. The van der Waals surface area contributed by atoms with Gasteiger partial charge in [-0.1, -0.05) is 0 Å². The van der Waals surface area contributed by atoms with Crippen LogP contribution in [0.15, 0.2) is 0 Å². The average Bonchev–Trinajstić information content (AvgIpc) is 2.13. The van der Waals surface area contributed by atoms with Crippen molar-refractivity contribution in [3.8, 4) is 0 Å². The molecule has 4 heteroatoms. The van der Waals surface area contributed by atoms with Crippen LogP contribution in [0.25, 0.3) is 0 Å². The monoisotopic (exact) mass is 178 g/mol. The summed E-state index contributed by atoms with van der Waals surface area (Å²) in [4.78, 5) is 12.7. The number of halogens is 1. The number of primary amides is 1. The van der Waals surface area contributed by atoms with Gasteiger partial charge < -0.3 is 10.6 Å². The van der Waals surface area contributed by atoms with E-state index in [2.05, 4.69) is 11.9 Å².